The summed E-state index contributed by atoms with van der Waals surface area (Å²) in [5.41, 5.74) is 1.90. The van der Waals surface area contributed by atoms with Crippen molar-refractivity contribution in [2.45, 2.75) is 26.7 Å². The predicted octanol–water partition coefficient (Wildman–Crippen LogP) is 4.50. The van der Waals surface area contributed by atoms with Gasteiger partial charge >= 0.3 is 0 Å². The Kier molecular flexibility index (Phi) is 5.35. The summed E-state index contributed by atoms with van der Waals surface area (Å²) in [5.74, 6) is 1.48. The molecular weight excluding hydrogens is 316 g/mol. The highest BCUT2D eigenvalue weighted by Gasteiger charge is 2.03. The third-order valence-corrected chi connectivity index (χ3v) is 3.26. The van der Waals surface area contributed by atoms with Gasteiger partial charge in [0, 0.05) is 28.5 Å². The van der Waals surface area contributed by atoms with E-state index >= 15 is 0 Å². The average molecular weight is 335 g/mol. The highest BCUT2D eigenvalue weighted by atomic mass is 79.9. The maximum Gasteiger partial charge on any atom is 0.229 e. The number of unbranched alkanes of at least 4 members (excludes halogenated alkanes) is 1. The van der Waals surface area contributed by atoms with Crippen molar-refractivity contribution in [3.63, 3.8) is 0 Å². The van der Waals surface area contributed by atoms with Crippen LogP contribution >= 0.6 is 15.9 Å². The molecule has 0 bridgehead atoms. The number of halogens is 1. The minimum absolute atomic E-state index is 0.613. The molecule has 1 heterocycles. The summed E-state index contributed by atoms with van der Waals surface area (Å²) >= 11 is 3.45. The Morgan fingerprint density at radius 3 is 2.80 bits per heavy atom. The van der Waals surface area contributed by atoms with E-state index < -0.39 is 0 Å². The van der Waals surface area contributed by atoms with Crippen molar-refractivity contribution in [2.75, 3.05) is 17.2 Å². The van der Waals surface area contributed by atoms with E-state index in [1.165, 1.54) is 6.42 Å². The van der Waals surface area contributed by atoms with Gasteiger partial charge in [0.2, 0.25) is 5.95 Å². The fourth-order valence-electron chi connectivity index (χ4n) is 1.80. The van der Waals surface area contributed by atoms with Crippen LogP contribution in [0.4, 0.5) is 17.5 Å². The summed E-state index contributed by atoms with van der Waals surface area (Å²) in [4.78, 5) is 8.89. The van der Waals surface area contributed by atoms with Crippen LogP contribution in [0.2, 0.25) is 0 Å². The number of aromatic nitrogens is 2. The van der Waals surface area contributed by atoms with Crippen LogP contribution < -0.4 is 10.6 Å². The minimum Gasteiger partial charge on any atom is -0.370 e. The molecule has 0 fully saturated rings. The molecule has 0 radical (unpaired) electrons. The van der Waals surface area contributed by atoms with Gasteiger partial charge < -0.3 is 10.6 Å². The number of nitrogens with one attached hydrogen (secondary N) is 2. The molecule has 2 aromatic rings. The molecule has 0 saturated heterocycles. The van der Waals surface area contributed by atoms with Crippen LogP contribution in [0, 0.1) is 6.92 Å². The van der Waals surface area contributed by atoms with E-state index in [1.807, 2.05) is 37.3 Å². The summed E-state index contributed by atoms with van der Waals surface area (Å²) in [6, 6.07) is 9.90. The zero-order chi connectivity index (χ0) is 14.4. The molecule has 0 aliphatic carbocycles. The summed E-state index contributed by atoms with van der Waals surface area (Å²) < 4.78 is 1.02. The van der Waals surface area contributed by atoms with E-state index in [4.69, 9.17) is 0 Å². The van der Waals surface area contributed by atoms with Crippen molar-refractivity contribution in [2.24, 2.45) is 0 Å². The molecule has 2 N–H and O–H groups in total. The number of benzene rings is 1. The van der Waals surface area contributed by atoms with Gasteiger partial charge in [0.1, 0.15) is 5.82 Å². The molecule has 0 saturated carbocycles. The van der Waals surface area contributed by atoms with E-state index in [-0.39, 0.29) is 0 Å². The monoisotopic (exact) mass is 334 g/mol. The first kappa shape index (κ1) is 14.8. The van der Waals surface area contributed by atoms with Gasteiger partial charge in [-0.15, -0.1) is 0 Å². The van der Waals surface area contributed by atoms with Gasteiger partial charge in [-0.25, -0.2) is 4.98 Å². The molecule has 20 heavy (non-hydrogen) atoms. The third kappa shape index (κ3) is 4.49. The van der Waals surface area contributed by atoms with Crippen molar-refractivity contribution in [1.82, 2.24) is 9.97 Å². The molecule has 106 valence electrons. The maximum absolute atomic E-state index is 4.48. The van der Waals surface area contributed by atoms with E-state index in [0.29, 0.717) is 5.95 Å². The van der Waals surface area contributed by atoms with Crippen LogP contribution in [0.1, 0.15) is 25.5 Å². The number of aryl methyl sites for hydroxylation is 1. The average Bonchev–Trinajstić information content (AvgIpc) is 2.38. The Bertz CT molecular complexity index is 572. The van der Waals surface area contributed by atoms with Gasteiger partial charge in [-0.1, -0.05) is 35.3 Å². The van der Waals surface area contributed by atoms with Gasteiger partial charge in [0.05, 0.1) is 0 Å². The molecule has 1 aromatic carbocycles. The lowest BCUT2D eigenvalue weighted by Crippen LogP contribution is -2.06. The fourth-order valence-corrected chi connectivity index (χ4v) is 2.20. The van der Waals surface area contributed by atoms with Crippen LogP contribution in [-0.2, 0) is 0 Å². The number of nitrogens with zero attached hydrogens (tertiary/aromatic N) is 2. The van der Waals surface area contributed by atoms with Crippen LogP contribution in [0.3, 0.4) is 0 Å². The highest BCUT2D eigenvalue weighted by Crippen LogP contribution is 2.19. The summed E-state index contributed by atoms with van der Waals surface area (Å²) in [6.45, 7) is 5.08. The van der Waals surface area contributed by atoms with E-state index in [1.54, 1.807) is 0 Å². The first-order valence-corrected chi connectivity index (χ1v) is 7.59. The Labute approximate surface area is 128 Å². The second-order valence-corrected chi connectivity index (χ2v) is 5.55. The van der Waals surface area contributed by atoms with E-state index in [0.717, 1.165) is 34.6 Å². The molecule has 0 aliphatic heterocycles. The van der Waals surface area contributed by atoms with Crippen molar-refractivity contribution < 1.29 is 0 Å². The molecule has 4 nitrogen and oxygen atoms in total. The Morgan fingerprint density at radius 1 is 1.20 bits per heavy atom. The molecule has 0 spiro atoms. The largest absolute Gasteiger partial charge is 0.370 e. The van der Waals surface area contributed by atoms with Gasteiger partial charge in [-0.2, -0.15) is 4.98 Å². The van der Waals surface area contributed by atoms with Crippen molar-refractivity contribution in [3.05, 3.63) is 40.5 Å². The Morgan fingerprint density at radius 2 is 2.05 bits per heavy atom. The lowest BCUT2D eigenvalue weighted by molar-refractivity contribution is 0.830. The smallest absolute Gasteiger partial charge is 0.229 e. The van der Waals surface area contributed by atoms with Crippen molar-refractivity contribution in [3.8, 4) is 0 Å². The van der Waals surface area contributed by atoms with Crippen molar-refractivity contribution >= 4 is 33.4 Å². The Hall–Kier alpha value is -1.62. The lowest BCUT2D eigenvalue weighted by Gasteiger charge is -2.09. The second kappa shape index (κ2) is 7.24. The highest BCUT2D eigenvalue weighted by molar-refractivity contribution is 9.10. The molecule has 5 heteroatoms. The molecule has 2 rings (SSSR count). The molecule has 1 aromatic heterocycles. The standard InChI is InChI=1S/C15H19BrN4/c1-3-4-8-17-14-9-11(2)18-15(20-14)19-13-7-5-6-12(16)10-13/h5-7,9-10H,3-4,8H2,1-2H3,(H2,17,18,19,20). The summed E-state index contributed by atoms with van der Waals surface area (Å²) in [7, 11) is 0. The van der Waals surface area contributed by atoms with Gasteiger partial charge in [-0.05, 0) is 31.5 Å². The fraction of sp³-hybridized carbons (Fsp3) is 0.333. The second-order valence-electron chi connectivity index (χ2n) is 4.63. The molecule has 0 atom stereocenters. The SMILES string of the molecule is CCCCNc1cc(C)nc(Nc2cccc(Br)c2)n1. The first-order chi connectivity index (χ1) is 9.67. The van der Waals surface area contributed by atoms with Gasteiger partial charge in [0.15, 0.2) is 0 Å². The van der Waals surface area contributed by atoms with Gasteiger partial charge in [-0.3, -0.25) is 0 Å². The summed E-state index contributed by atoms with van der Waals surface area (Å²) in [5, 5.41) is 6.55. The lowest BCUT2D eigenvalue weighted by atomic mass is 10.3. The zero-order valence-corrected chi connectivity index (χ0v) is 13.4. The van der Waals surface area contributed by atoms with Crippen LogP contribution in [-0.4, -0.2) is 16.5 Å². The maximum atomic E-state index is 4.48. The zero-order valence-electron chi connectivity index (χ0n) is 11.8. The minimum atomic E-state index is 0.613. The quantitative estimate of drug-likeness (QED) is 0.763. The van der Waals surface area contributed by atoms with Crippen LogP contribution in [0.25, 0.3) is 0 Å². The van der Waals surface area contributed by atoms with E-state index in [2.05, 4.69) is 43.5 Å². The van der Waals surface area contributed by atoms with E-state index in [9.17, 15) is 0 Å². The molecule has 0 aliphatic rings. The number of rotatable bonds is 6. The molecular formula is C15H19BrN4. The van der Waals surface area contributed by atoms with Crippen LogP contribution in [0.15, 0.2) is 34.8 Å². The number of hydrogen-bond acceptors (Lipinski definition) is 4. The normalized spacial score (nSPS) is 10.3. The van der Waals surface area contributed by atoms with Crippen LogP contribution in [0.5, 0.6) is 0 Å². The molecule has 0 amide bonds. The third-order valence-electron chi connectivity index (χ3n) is 2.77. The van der Waals surface area contributed by atoms with Gasteiger partial charge in [0.25, 0.3) is 0 Å². The topological polar surface area (TPSA) is 49.8 Å². The predicted molar refractivity (Wildman–Crippen MR) is 87.6 cm³/mol. The number of hydrogen-bond donors (Lipinski definition) is 2. The summed E-state index contributed by atoms with van der Waals surface area (Å²) in [6.07, 6.45) is 2.30. The molecule has 0 unspecified atom stereocenters. The number of anilines is 3. The van der Waals surface area contributed by atoms with Crippen molar-refractivity contribution in [1.29, 1.82) is 0 Å². The first-order valence-electron chi connectivity index (χ1n) is 6.79. The Balaban J connectivity index is 2.11.